The molecule has 3 aromatic carbocycles. The molecule has 0 saturated carbocycles. The van der Waals surface area contributed by atoms with Crippen LogP contribution < -0.4 is 0 Å². The number of rotatable bonds is 12. The first-order valence-corrected chi connectivity index (χ1v) is 11.4. The molecule has 0 aliphatic carbocycles. The SMILES string of the molecule is [N-]=[N+]=NC[C@H]1O[C@@H](COCc2ccccc2)C(OCc2ccccc2)C1OCc1ccccc1. The Bertz CT molecular complexity index is 1030. The van der Waals surface area contributed by atoms with E-state index >= 15 is 0 Å². The van der Waals surface area contributed by atoms with Crippen molar-refractivity contribution in [3.05, 3.63) is 118 Å². The van der Waals surface area contributed by atoms with Crippen molar-refractivity contribution < 1.29 is 18.9 Å². The fraction of sp³-hybridized carbons (Fsp3) is 0.333. The van der Waals surface area contributed by atoms with E-state index in [2.05, 4.69) is 10.0 Å². The van der Waals surface area contributed by atoms with Crippen LogP contribution in [-0.2, 0) is 38.8 Å². The topological polar surface area (TPSA) is 85.7 Å². The molecule has 1 heterocycles. The highest BCUT2D eigenvalue weighted by Gasteiger charge is 2.46. The summed E-state index contributed by atoms with van der Waals surface area (Å²) < 4.78 is 24.9. The number of benzene rings is 3. The van der Waals surface area contributed by atoms with Gasteiger partial charge in [-0.05, 0) is 22.2 Å². The molecular formula is C27H29N3O4. The lowest BCUT2D eigenvalue weighted by atomic mass is 10.1. The standard InChI is InChI=1S/C27H29N3O4/c28-30-29-16-24-26(32-18-22-12-6-2-7-13-22)27(33-19-23-14-8-3-9-15-23)25(34-24)20-31-17-21-10-4-1-5-11-21/h1-15,24-27H,16-20H2/t24-,25+,26?,27?/m1/s1. The van der Waals surface area contributed by atoms with E-state index in [0.29, 0.717) is 26.4 Å². The summed E-state index contributed by atoms with van der Waals surface area (Å²) in [6.45, 7) is 1.80. The summed E-state index contributed by atoms with van der Waals surface area (Å²) in [6.07, 6.45) is -1.56. The maximum Gasteiger partial charge on any atom is 0.115 e. The van der Waals surface area contributed by atoms with E-state index in [1.807, 2.05) is 91.0 Å². The number of hydrogen-bond acceptors (Lipinski definition) is 5. The minimum Gasteiger partial charge on any atom is -0.374 e. The van der Waals surface area contributed by atoms with Crippen molar-refractivity contribution in [3.63, 3.8) is 0 Å². The van der Waals surface area contributed by atoms with Gasteiger partial charge in [-0.25, -0.2) is 0 Å². The third-order valence-corrected chi connectivity index (χ3v) is 5.70. The van der Waals surface area contributed by atoms with E-state index in [-0.39, 0.29) is 18.8 Å². The Morgan fingerprint density at radius 1 is 0.676 bits per heavy atom. The van der Waals surface area contributed by atoms with E-state index in [4.69, 9.17) is 24.5 Å². The van der Waals surface area contributed by atoms with Crippen LogP contribution in [0.1, 0.15) is 16.7 Å². The lowest BCUT2D eigenvalue weighted by molar-refractivity contribution is -0.0897. The van der Waals surface area contributed by atoms with Crippen molar-refractivity contribution in [1.29, 1.82) is 0 Å². The van der Waals surface area contributed by atoms with Gasteiger partial charge in [0.25, 0.3) is 0 Å². The minimum absolute atomic E-state index is 0.163. The first-order valence-electron chi connectivity index (χ1n) is 11.4. The molecule has 2 unspecified atom stereocenters. The van der Waals surface area contributed by atoms with Crippen LogP contribution >= 0.6 is 0 Å². The highest BCUT2D eigenvalue weighted by molar-refractivity contribution is 5.15. The summed E-state index contributed by atoms with van der Waals surface area (Å²) in [6, 6.07) is 29.9. The molecule has 0 radical (unpaired) electrons. The second-order valence-electron chi connectivity index (χ2n) is 8.15. The van der Waals surface area contributed by atoms with Gasteiger partial charge in [0.2, 0.25) is 0 Å². The largest absolute Gasteiger partial charge is 0.374 e. The number of azide groups is 1. The number of nitrogens with zero attached hydrogens (tertiary/aromatic N) is 3. The van der Waals surface area contributed by atoms with Crippen molar-refractivity contribution in [3.8, 4) is 0 Å². The van der Waals surface area contributed by atoms with Crippen molar-refractivity contribution in [2.75, 3.05) is 13.2 Å². The number of ether oxygens (including phenoxy) is 4. The van der Waals surface area contributed by atoms with Gasteiger partial charge in [-0.15, -0.1) is 0 Å². The van der Waals surface area contributed by atoms with E-state index in [0.717, 1.165) is 16.7 Å². The van der Waals surface area contributed by atoms with Gasteiger partial charge in [-0.3, -0.25) is 0 Å². The van der Waals surface area contributed by atoms with Crippen LogP contribution in [0.5, 0.6) is 0 Å². The molecule has 1 saturated heterocycles. The van der Waals surface area contributed by atoms with Crippen LogP contribution in [0.2, 0.25) is 0 Å². The third kappa shape index (κ3) is 6.90. The predicted octanol–water partition coefficient (Wildman–Crippen LogP) is 5.45. The summed E-state index contributed by atoms with van der Waals surface area (Å²) in [5.41, 5.74) is 12.1. The molecule has 0 spiro atoms. The molecule has 3 aromatic rings. The van der Waals surface area contributed by atoms with Gasteiger partial charge >= 0.3 is 0 Å². The lowest BCUT2D eigenvalue weighted by Crippen LogP contribution is -2.39. The first-order chi connectivity index (χ1) is 16.8. The molecular weight excluding hydrogens is 430 g/mol. The van der Waals surface area contributed by atoms with Crippen LogP contribution in [0.15, 0.2) is 96.1 Å². The summed E-state index contributed by atoms with van der Waals surface area (Å²) >= 11 is 0. The van der Waals surface area contributed by atoms with Crippen molar-refractivity contribution >= 4 is 0 Å². The van der Waals surface area contributed by atoms with Crippen LogP contribution in [0, 0.1) is 0 Å². The van der Waals surface area contributed by atoms with Crippen LogP contribution in [0.4, 0.5) is 0 Å². The zero-order valence-electron chi connectivity index (χ0n) is 19.0. The molecule has 0 amide bonds. The molecule has 34 heavy (non-hydrogen) atoms. The highest BCUT2D eigenvalue weighted by atomic mass is 16.6. The Labute approximate surface area is 199 Å². The molecule has 1 aliphatic rings. The van der Waals surface area contributed by atoms with Crippen molar-refractivity contribution in [1.82, 2.24) is 0 Å². The fourth-order valence-corrected chi connectivity index (χ4v) is 4.01. The van der Waals surface area contributed by atoms with E-state index < -0.39 is 12.2 Å². The zero-order valence-corrected chi connectivity index (χ0v) is 19.0. The molecule has 4 atom stereocenters. The first kappa shape index (κ1) is 24.0. The zero-order chi connectivity index (χ0) is 23.4. The molecule has 176 valence electrons. The fourth-order valence-electron chi connectivity index (χ4n) is 4.01. The molecule has 0 N–H and O–H groups in total. The maximum atomic E-state index is 8.88. The highest BCUT2D eigenvalue weighted by Crippen LogP contribution is 2.29. The quantitative estimate of drug-likeness (QED) is 0.205. The lowest BCUT2D eigenvalue weighted by Gasteiger charge is -2.25. The van der Waals surface area contributed by atoms with Gasteiger partial charge in [0.1, 0.15) is 18.3 Å². The molecule has 1 aliphatic heterocycles. The van der Waals surface area contributed by atoms with E-state index in [1.54, 1.807) is 0 Å². The third-order valence-electron chi connectivity index (χ3n) is 5.70. The van der Waals surface area contributed by atoms with Crippen LogP contribution in [-0.4, -0.2) is 37.6 Å². The molecule has 1 fully saturated rings. The summed E-state index contributed by atoms with van der Waals surface area (Å²) in [7, 11) is 0. The monoisotopic (exact) mass is 459 g/mol. The average Bonchev–Trinajstić information content (AvgIpc) is 3.22. The number of hydrogen-bond donors (Lipinski definition) is 0. The average molecular weight is 460 g/mol. The van der Waals surface area contributed by atoms with Gasteiger partial charge in [0.15, 0.2) is 0 Å². The van der Waals surface area contributed by atoms with Crippen LogP contribution in [0.25, 0.3) is 10.4 Å². The van der Waals surface area contributed by atoms with E-state index in [1.165, 1.54) is 0 Å². The summed E-state index contributed by atoms with van der Waals surface area (Å²) in [4.78, 5) is 2.91. The molecule has 0 bridgehead atoms. The Hall–Kier alpha value is -3.19. The van der Waals surface area contributed by atoms with Gasteiger partial charge in [0.05, 0.1) is 39.1 Å². The van der Waals surface area contributed by atoms with Crippen LogP contribution in [0.3, 0.4) is 0 Å². The maximum absolute atomic E-state index is 8.88. The Kier molecular flexibility index (Phi) is 9.08. The van der Waals surface area contributed by atoms with E-state index in [9.17, 15) is 0 Å². The van der Waals surface area contributed by atoms with Gasteiger partial charge in [0, 0.05) is 4.91 Å². The normalized spacial score (nSPS) is 21.8. The second kappa shape index (κ2) is 12.9. The van der Waals surface area contributed by atoms with Crippen molar-refractivity contribution in [2.45, 2.75) is 44.2 Å². The summed E-state index contributed by atoms with van der Waals surface area (Å²) in [5.74, 6) is 0. The van der Waals surface area contributed by atoms with Crippen molar-refractivity contribution in [2.24, 2.45) is 5.11 Å². The Morgan fingerprint density at radius 2 is 1.15 bits per heavy atom. The second-order valence-corrected chi connectivity index (χ2v) is 8.15. The smallest absolute Gasteiger partial charge is 0.115 e. The predicted molar refractivity (Wildman–Crippen MR) is 129 cm³/mol. The van der Waals surface area contributed by atoms with Gasteiger partial charge < -0.3 is 18.9 Å². The molecule has 7 heteroatoms. The molecule has 4 rings (SSSR count). The summed E-state index contributed by atoms with van der Waals surface area (Å²) in [5, 5.41) is 3.75. The van der Waals surface area contributed by atoms with Gasteiger partial charge in [-0.1, -0.05) is 96.1 Å². The molecule has 0 aromatic heterocycles. The Morgan fingerprint density at radius 3 is 1.65 bits per heavy atom. The van der Waals surface area contributed by atoms with Gasteiger partial charge in [-0.2, -0.15) is 0 Å². The molecule has 7 nitrogen and oxygen atoms in total. The minimum atomic E-state index is -0.425. The Balaban J connectivity index is 1.47.